The molecule has 3 nitrogen and oxygen atoms in total. The van der Waals surface area contributed by atoms with Crippen LogP contribution in [0.15, 0.2) is 24.3 Å². The summed E-state index contributed by atoms with van der Waals surface area (Å²) < 4.78 is 0. The second-order valence-electron chi connectivity index (χ2n) is 4.34. The molecule has 0 bridgehead atoms. The normalized spacial score (nSPS) is 19.2. The molecule has 1 aromatic rings. The van der Waals surface area contributed by atoms with Crippen molar-refractivity contribution in [3.05, 3.63) is 35.4 Å². The molecule has 1 fully saturated rings. The number of rotatable bonds is 4. The van der Waals surface area contributed by atoms with E-state index in [0.717, 1.165) is 12.1 Å². The smallest absolute Gasteiger partial charge is 0.251 e. The van der Waals surface area contributed by atoms with Gasteiger partial charge in [0.05, 0.1) is 0 Å². The van der Waals surface area contributed by atoms with Crippen molar-refractivity contribution in [2.45, 2.75) is 13.0 Å². The van der Waals surface area contributed by atoms with E-state index in [2.05, 4.69) is 5.32 Å². The monoisotopic (exact) mass is 250 g/mol. The Bertz CT molecular complexity index is 372. The molecule has 2 rings (SSSR count). The molecule has 0 saturated carbocycles. The summed E-state index contributed by atoms with van der Waals surface area (Å²) in [6, 6.07) is 7.47. The Morgan fingerprint density at radius 3 is 2.76 bits per heavy atom. The van der Waals surface area contributed by atoms with Crippen molar-refractivity contribution in [2.75, 3.05) is 18.1 Å². The highest BCUT2D eigenvalue weighted by Crippen LogP contribution is 2.22. The van der Waals surface area contributed by atoms with Crippen LogP contribution >= 0.6 is 11.8 Å². The molecule has 92 valence electrons. The van der Waals surface area contributed by atoms with Crippen LogP contribution in [0.2, 0.25) is 0 Å². The molecular weight excluding hydrogens is 232 g/mol. The zero-order chi connectivity index (χ0) is 12.1. The van der Waals surface area contributed by atoms with Crippen LogP contribution in [-0.2, 0) is 6.54 Å². The van der Waals surface area contributed by atoms with E-state index in [4.69, 9.17) is 5.73 Å². The van der Waals surface area contributed by atoms with Gasteiger partial charge in [0.25, 0.3) is 5.91 Å². The maximum atomic E-state index is 11.9. The summed E-state index contributed by atoms with van der Waals surface area (Å²) in [5.74, 6) is 3.07. The standard InChI is InChI=1S/C13H18N2OS/c14-7-10-1-3-12(4-2-10)13(16)15-8-11-5-6-17-9-11/h1-4,11H,5-9,14H2,(H,15,16). The molecule has 1 saturated heterocycles. The molecule has 1 amide bonds. The van der Waals surface area contributed by atoms with E-state index in [9.17, 15) is 4.79 Å². The van der Waals surface area contributed by atoms with Crippen LogP contribution in [-0.4, -0.2) is 24.0 Å². The summed E-state index contributed by atoms with van der Waals surface area (Å²) in [6.07, 6.45) is 1.22. The van der Waals surface area contributed by atoms with Crippen LogP contribution in [0.5, 0.6) is 0 Å². The molecule has 1 aliphatic rings. The highest BCUT2D eigenvalue weighted by atomic mass is 32.2. The van der Waals surface area contributed by atoms with Crippen LogP contribution in [0.25, 0.3) is 0 Å². The third kappa shape index (κ3) is 3.48. The molecule has 0 aromatic heterocycles. The number of nitrogens with two attached hydrogens (primary N) is 1. The van der Waals surface area contributed by atoms with E-state index in [0.29, 0.717) is 18.0 Å². The molecule has 1 aliphatic heterocycles. The zero-order valence-electron chi connectivity index (χ0n) is 9.82. The average molecular weight is 250 g/mol. The van der Waals surface area contributed by atoms with Crippen molar-refractivity contribution in [3.63, 3.8) is 0 Å². The molecule has 1 heterocycles. The molecule has 17 heavy (non-hydrogen) atoms. The number of benzene rings is 1. The van der Waals surface area contributed by atoms with Crippen molar-refractivity contribution >= 4 is 17.7 Å². The van der Waals surface area contributed by atoms with E-state index >= 15 is 0 Å². The number of carbonyl (C=O) groups is 1. The number of hydrogen-bond donors (Lipinski definition) is 2. The first kappa shape index (κ1) is 12.5. The van der Waals surface area contributed by atoms with Gasteiger partial charge in [-0.1, -0.05) is 12.1 Å². The van der Waals surface area contributed by atoms with Crippen LogP contribution < -0.4 is 11.1 Å². The van der Waals surface area contributed by atoms with Gasteiger partial charge in [-0.05, 0) is 41.5 Å². The molecule has 4 heteroatoms. The average Bonchev–Trinajstić information content (AvgIpc) is 2.89. The number of amides is 1. The van der Waals surface area contributed by atoms with Gasteiger partial charge in [-0.3, -0.25) is 4.79 Å². The molecule has 1 aromatic carbocycles. The predicted octanol–water partition coefficient (Wildman–Crippen LogP) is 1.63. The Balaban J connectivity index is 1.85. The van der Waals surface area contributed by atoms with E-state index in [1.807, 2.05) is 36.0 Å². The van der Waals surface area contributed by atoms with Gasteiger partial charge < -0.3 is 11.1 Å². The van der Waals surface area contributed by atoms with Crippen molar-refractivity contribution < 1.29 is 4.79 Å². The first-order chi connectivity index (χ1) is 8.29. The highest BCUT2D eigenvalue weighted by molar-refractivity contribution is 7.99. The summed E-state index contributed by atoms with van der Waals surface area (Å²) in [4.78, 5) is 11.9. The number of nitrogens with one attached hydrogen (secondary N) is 1. The Hall–Kier alpha value is -1.00. The van der Waals surface area contributed by atoms with Crippen molar-refractivity contribution in [1.29, 1.82) is 0 Å². The SMILES string of the molecule is NCc1ccc(C(=O)NCC2CCSC2)cc1. The maximum Gasteiger partial charge on any atom is 0.251 e. The molecule has 0 spiro atoms. The van der Waals surface area contributed by atoms with Crippen molar-refractivity contribution in [2.24, 2.45) is 11.7 Å². The maximum absolute atomic E-state index is 11.9. The first-order valence-corrected chi connectivity index (χ1v) is 7.10. The zero-order valence-corrected chi connectivity index (χ0v) is 10.6. The van der Waals surface area contributed by atoms with Gasteiger partial charge in [0.15, 0.2) is 0 Å². The molecule has 0 radical (unpaired) electrons. The summed E-state index contributed by atoms with van der Waals surface area (Å²) in [5, 5.41) is 2.99. The lowest BCUT2D eigenvalue weighted by atomic mass is 10.1. The fourth-order valence-electron chi connectivity index (χ4n) is 1.88. The van der Waals surface area contributed by atoms with Gasteiger partial charge >= 0.3 is 0 Å². The van der Waals surface area contributed by atoms with Gasteiger partial charge in [-0.15, -0.1) is 0 Å². The van der Waals surface area contributed by atoms with Gasteiger partial charge in [0, 0.05) is 18.7 Å². The molecular formula is C13H18N2OS. The summed E-state index contributed by atoms with van der Waals surface area (Å²) in [6.45, 7) is 1.31. The van der Waals surface area contributed by atoms with Crippen molar-refractivity contribution in [1.82, 2.24) is 5.32 Å². The second-order valence-corrected chi connectivity index (χ2v) is 5.49. The van der Waals surface area contributed by atoms with E-state index < -0.39 is 0 Å². The Morgan fingerprint density at radius 2 is 2.18 bits per heavy atom. The summed E-state index contributed by atoms with van der Waals surface area (Å²) in [5.41, 5.74) is 7.28. The minimum atomic E-state index is 0.0190. The van der Waals surface area contributed by atoms with Crippen LogP contribution in [0, 0.1) is 5.92 Å². The Morgan fingerprint density at radius 1 is 1.41 bits per heavy atom. The largest absolute Gasteiger partial charge is 0.352 e. The van der Waals surface area contributed by atoms with Gasteiger partial charge in [0.1, 0.15) is 0 Å². The van der Waals surface area contributed by atoms with Gasteiger partial charge in [-0.25, -0.2) is 0 Å². The van der Waals surface area contributed by atoms with E-state index in [1.54, 1.807) is 0 Å². The molecule has 1 atom stereocenters. The third-order valence-electron chi connectivity index (χ3n) is 3.03. The lowest BCUT2D eigenvalue weighted by molar-refractivity contribution is 0.0948. The molecule has 1 unspecified atom stereocenters. The lowest BCUT2D eigenvalue weighted by Gasteiger charge is -2.10. The van der Waals surface area contributed by atoms with Crippen molar-refractivity contribution in [3.8, 4) is 0 Å². The minimum Gasteiger partial charge on any atom is -0.352 e. The van der Waals surface area contributed by atoms with Crippen LogP contribution in [0.1, 0.15) is 22.3 Å². The molecule has 3 N–H and O–H groups in total. The fraction of sp³-hybridized carbons (Fsp3) is 0.462. The minimum absolute atomic E-state index is 0.0190. The second kappa shape index (κ2) is 6.07. The third-order valence-corrected chi connectivity index (χ3v) is 4.26. The number of thioether (sulfide) groups is 1. The lowest BCUT2D eigenvalue weighted by Crippen LogP contribution is -2.29. The Labute approximate surface area is 106 Å². The topological polar surface area (TPSA) is 55.1 Å². The van der Waals surface area contributed by atoms with Crippen LogP contribution in [0.3, 0.4) is 0 Å². The van der Waals surface area contributed by atoms with E-state index in [-0.39, 0.29) is 5.91 Å². The van der Waals surface area contributed by atoms with E-state index in [1.165, 1.54) is 17.9 Å². The fourth-order valence-corrected chi connectivity index (χ4v) is 3.16. The first-order valence-electron chi connectivity index (χ1n) is 5.94. The van der Waals surface area contributed by atoms with Gasteiger partial charge in [0.2, 0.25) is 0 Å². The summed E-state index contributed by atoms with van der Waals surface area (Å²) >= 11 is 1.97. The van der Waals surface area contributed by atoms with Crippen LogP contribution in [0.4, 0.5) is 0 Å². The predicted molar refractivity (Wildman–Crippen MR) is 72.1 cm³/mol. The number of hydrogen-bond acceptors (Lipinski definition) is 3. The summed E-state index contributed by atoms with van der Waals surface area (Å²) in [7, 11) is 0. The Kier molecular flexibility index (Phi) is 4.45. The van der Waals surface area contributed by atoms with Gasteiger partial charge in [-0.2, -0.15) is 11.8 Å². The highest BCUT2D eigenvalue weighted by Gasteiger charge is 2.16. The number of carbonyl (C=O) groups excluding carboxylic acids is 1. The molecule has 0 aliphatic carbocycles. The quantitative estimate of drug-likeness (QED) is 0.854.